The van der Waals surface area contributed by atoms with Gasteiger partial charge in [-0.15, -0.1) is 10.2 Å². The molecule has 2 N–H and O–H groups in total. The fourth-order valence-electron chi connectivity index (χ4n) is 1.36. The second-order valence-corrected chi connectivity index (χ2v) is 4.55. The van der Waals surface area contributed by atoms with Crippen molar-refractivity contribution in [3.05, 3.63) is 35.9 Å². The number of benzene rings is 1. The van der Waals surface area contributed by atoms with Gasteiger partial charge in [-0.25, -0.2) is 0 Å². The highest BCUT2D eigenvalue weighted by Crippen LogP contribution is 2.17. The summed E-state index contributed by atoms with van der Waals surface area (Å²) in [6.07, 6.45) is 1.03. The van der Waals surface area contributed by atoms with Crippen LogP contribution in [-0.4, -0.2) is 20.5 Å². The van der Waals surface area contributed by atoms with E-state index in [1.54, 1.807) is 16.3 Å². The van der Waals surface area contributed by atoms with Crippen LogP contribution in [0, 0.1) is 0 Å². The molecule has 2 aromatic rings. The summed E-state index contributed by atoms with van der Waals surface area (Å²) in [5.74, 6) is 1.44. The van der Waals surface area contributed by atoms with Gasteiger partial charge < -0.3 is 5.73 Å². The average molecular weight is 234 g/mol. The summed E-state index contributed by atoms with van der Waals surface area (Å²) in [7, 11) is 1.88. The lowest BCUT2D eigenvalue weighted by molar-refractivity contribution is 0.795. The molecule has 0 radical (unpaired) electrons. The van der Waals surface area contributed by atoms with Crippen LogP contribution in [0.25, 0.3) is 0 Å². The van der Waals surface area contributed by atoms with E-state index in [4.69, 9.17) is 5.73 Å². The summed E-state index contributed by atoms with van der Waals surface area (Å²) in [5.41, 5.74) is 6.94. The predicted octanol–water partition coefficient (Wildman–Crippen LogP) is 1.73. The summed E-state index contributed by atoms with van der Waals surface area (Å²) in [6.45, 7) is 0. The first-order chi connectivity index (χ1) is 7.77. The largest absolute Gasteiger partial charge is 0.368 e. The standard InChI is InChI=1S/C11H14N4S/c1-15-10(12)13-14-11(15)16-8-7-9-5-3-2-4-6-9/h2-6H,7-8H2,1H3,(H2,12,13). The van der Waals surface area contributed by atoms with Crippen LogP contribution in [0.5, 0.6) is 0 Å². The molecule has 1 aromatic heterocycles. The first kappa shape index (κ1) is 11.0. The Hall–Kier alpha value is -1.49. The predicted molar refractivity (Wildman–Crippen MR) is 66.3 cm³/mol. The molecular weight excluding hydrogens is 220 g/mol. The Morgan fingerprint density at radius 3 is 2.62 bits per heavy atom. The van der Waals surface area contributed by atoms with Gasteiger partial charge in [-0.2, -0.15) is 0 Å². The summed E-state index contributed by atoms with van der Waals surface area (Å²) in [4.78, 5) is 0. The third-order valence-corrected chi connectivity index (χ3v) is 3.36. The molecule has 16 heavy (non-hydrogen) atoms. The fraction of sp³-hybridized carbons (Fsp3) is 0.273. The van der Waals surface area contributed by atoms with Crippen molar-refractivity contribution < 1.29 is 0 Å². The minimum absolute atomic E-state index is 0.460. The lowest BCUT2D eigenvalue weighted by atomic mass is 10.2. The van der Waals surface area contributed by atoms with Crippen molar-refractivity contribution in [2.24, 2.45) is 7.05 Å². The van der Waals surface area contributed by atoms with Crippen LogP contribution in [0.3, 0.4) is 0 Å². The van der Waals surface area contributed by atoms with Gasteiger partial charge in [-0.3, -0.25) is 4.57 Å². The molecule has 0 bridgehead atoms. The van der Waals surface area contributed by atoms with Gasteiger partial charge in [0.05, 0.1) is 0 Å². The minimum atomic E-state index is 0.460. The van der Waals surface area contributed by atoms with Crippen molar-refractivity contribution >= 4 is 17.7 Å². The van der Waals surface area contributed by atoms with Crippen LogP contribution in [-0.2, 0) is 13.5 Å². The summed E-state index contributed by atoms with van der Waals surface area (Å²) < 4.78 is 1.80. The molecule has 0 amide bonds. The molecule has 5 heteroatoms. The van der Waals surface area contributed by atoms with Crippen LogP contribution in [0.15, 0.2) is 35.5 Å². The number of rotatable bonds is 4. The molecule has 0 aliphatic carbocycles. The quantitative estimate of drug-likeness (QED) is 0.819. The molecule has 0 atom stereocenters. The SMILES string of the molecule is Cn1c(N)nnc1SCCc1ccccc1. The molecule has 0 spiro atoms. The van der Waals surface area contributed by atoms with Gasteiger partial charge >= 0.3 is 0 Å². The third kappa shape index (κ3) is 2.55. The van der Waals surface area contributed by atoms with Crippen molar-refractivity contribution in [3.8, 4) is 0 Å². The lowest BCUT2D eigenvalue weighted by Crippen LogP contribution is -1.98. The van der Waals surface area contributed by atoms with Gasteiger partial charge in [-0.05, 0) is 12.0 Å². The summed E-state index contributed by atoms with van der Waals surface area (Å²) in [6, 6.07) is 10.4. The number of thioether (sulfide) groups is 1. The molecule has 84 valence electrons. The van der Waals surface area contributed by atoms with Crippen LogP contribution >= 0.6 is 11.8 Å². The number of hydrogen-bond donors (Lipinski definition) is 1. The number of hydrogen-bond acceptors (Lipinski definition) is 4. The Bertz CT molecular complexity index is 452. The maximum Gasteiger partial charge on any atom is 0.222 e. The van der Waals surface area contributed by atoms with Crippen LogP contribution in [0.4, 0.5) is 5.95 Å². The van der Waals surface area contributed by atoms with E-state index in [-0.39, 0.29) is 0 Å². The Morgan fingerprint density at radius 2 is 2.00 bits per heavy atom. The zero-order chi connectivity index (χ0) is 11.4. The Balaban J connectivity index is 1.87. The monoisotopic (exact) mass is 234 g/mol. The molecule has 0 saturated carbocycles. The number of aromatic nitrogens is 3. The van der Waals surface area contributed by atoms with Crippen molar-refractivity contribution in [3.63, 3.8) is 0 Å². The zero-order valence-electron chi connectivity index (χ0n) is 9.13. The van der Waals surface area contributed by atoms with Gasteiger partial charge in [0.15, 0.2) is 5.16 Å². The van der Waals surface area contributed by atoms with Crippen LogP contribution in [0.2, 0.25) is 0 Å². The molecule has 0 saturated heterocycles. The minimum Gasteiger partial charge on any atom is -0.368 e. The molecule has 1 aromatic carbocycles. The molecule has 4 nitrogen and oxygen atoms in total. The van der Waals surface area contributed by atoms with Gasteiger partial charge in [-0.1, -0.05) is 42.1 Å². The summed E-state index contributed by atoms with van der Waals surface area (Å²) >= 11 is 1.67. The Kier molecular flexibility index (Phi) is 3.46. The van der Waals surface area contributed by atoms with Crippen LogP contribution < -0.4 is 5.73 Å². The highest BCUT2D eigenvalue weighted by Gasteiger charge is 2.05. The van der Waals surface area contributed by atoms with Gasteiger partial charge in [0.1, 0.15) is 0 Å². The normalized spacial score (nSPS) is 10.6. The molecule has 0 fully saturated rings. The van der Waals surface area contributed by atoms with Crippen molar-refractivity contribution in [2.45, 2.75) is 11.6 Å². The number of aryl methyl sites for hydroxylation is 1. The number of nitrogens with zero attached hydrogens (tertiary/aromatic N) is 3. The van der Waals surface area contributed by atoms with E-state index in [0.717, 1.165) is 17.3 Å². The van der Waals surface area contributed by atoms with E-state index in [2.05, 4.69) is 34.5 Å². The molecule has 2 rings (SSSR count). The molecule has 1 heterocycles. The van der Waals surface area contributed by atoms with Gasteiger partial charge in [0, 0.05) is 12.8 Å². The first-order valence-corrected chi connectivity index (χ1v) is 6.07. The third-order valence-electron chi connectivity index (χ3n) is 2.33. The van der Waals surface area contributed by atoms with Crippen molar-refractivity contribution in [1.29, 1.82) is 0 Å². The first-order valence-electron chi connectivity index (χ1n) is 5.09. The highest BCUT2D eigenvalue weighted by atomic mass is 32.2. The lowest BCUT2D eigenvalue weighted by Gasteiger charge is -2.01. The van der Waals surface area contributed by atoms with Crippen molar-refractivity contribution in [2.75, 3.05) is 11.5 Å². The zero-order valence-corrected chi connectivity index (χ0v) is 9.94. The van der Waals surface area contributed by atoms with Gasteiger partial charge in [0.25, 0.3) is 0 Å². The van der Waals surface area contributed by atoms with E-state index < -0.39 is 0 Å². The number of nitrogen functional groups attached to an aromatic ring is 1. The van der Waals surface area contributed by atoms with E-state index in [1.807, 2.05) is 13.1 Å². The maximum absolute atomic E-state index is 5.60. The number of anilines is 1. The van der Waals surface area contributed by atoms with E-state index in [9.17, 15) is 0 Å². The highest BCUT2D eigenvalue weighted by molar-refractivity contribution is 7.99. The molecular formula is C11H14N4S. The topological polar surface area (TPSA) is 56.7 Å². The fourth-order valence-corrected chi connectivity index (χ4v) is 2.26. The van der Waals surface area contributed by atoms with Gasteiger partial charge in [0.2, 0.25) is 5.95 Å². The second kappa shape index (κ2) is 5.03. The Morgan fingerprint density at radius 1 is 1.25 bits per heavy atom. The molecule has 0 aliphatic rings. The van der Waals surface area contributed by atoms with E-state index in [1.165, 1.54) is 5.56 Å². The molecule has 0 unspecified atom stereocenters. The van der Waals surface area contributed by atoms with Crippen LogP contribution in [0.1, 0.15) is 5.56 Å². The average Bonchev–Trinajstić information content (AvgIpc) is 2.62. The summed E-state index contributed by atoms with van der Waals surface area (Å²) in [5, 5.41) is 8.68. The number of nitrogens with two attached hydrogens (primary N) is 1. The smallest absolute Gasteiger partial charge is 0.222 e. The maximum atomic E-state index is 5.60. The molecule has 0 aliphatic heterocycles. The Labute approximate surface area is 98.9 Å². The van der Waals surface area contributed by atoms with Crippen molar-refractivity contribution in [1.82, 2.24) is 14.8 Å². The second-order valence-electron chi connectivity index (χ2n) is 3.48. The van der Waals surface area contributed by atoms with E-state index >= 15 is 0 Å². The van der Waals surface area contributed by atoms with E-state index in [0.29, 0.717) is 5.95 Å².